The molecule has 0 spiro atoms. The number of carbonyl (C=O) groups is 1. The fraction of sp³-hybridized carbons (Fsp3) is 0.167. The number of pyridine rings is 1. The van der Waals surface area contributed by atoms with Crippen LogP contribution in [0.1, 0.15) is 36.2 Å². The highest BCUT2D eigenvalue weighted by atomic mass is 16.4. The van der Waals surface area contributed by atoms with Crippen LogP contribution in [0.5, 0.6) is 0 Å². The van der Waals surface area contributed by atoms with Gasteiger partial charge in [-0.15, -0.1) is 11.5 Å². The second kappa shape index (κ2) is 9.28. The molecule has 0 fully saturated rings. The Morgan fingerprint density at radius 1 is 1.12 bits per heavy atom. The highest BCUT2D eigenvalue weighted by molar-refractivity contribution is 5.68. The van der Waals surface area contributed by atoms with Crippen molar-refractivity contribution in [3.05, 3.63) is 71.7 Å². The lowest BCUT2D eigenvalue weighted by Crippen LogP contribution is -2.08. The Morgan fingerprint density at radius 2 is 1.91 bits per heavy atom. The van der Waals surface area contributed by atoms with Gasteiger partial charge in [0.15, 0.2) is 0 Å². The van der Waals surface area contributed by atoms with Gasteiger partial charge in [-0.3, -0.25) is 9.78 Å². The van der Waals surface area contributed by atoms with Crippen molar-refractivity contribution in [2.75, 3.05) is 5.73 Å². The van der Waals surface area contributed by atoms with E-state index in [0.717, 1.165) is 22.5 Å². The first-order chi connectivity index (χ1) is 15.9. The molecule has 0 amide bonds. The van der Waals surface area contributed by atoms with E-state index >= 15 is 0 Å². The number of carboxylic acid groups (broad SMARTS) is 1. The van der Waals surface area contributed by atoms with Gasteiger partial charge in [-0.25, -0.2) is 14.6 Å². The number of nitrogens with two attached hydrogens (primary N) is 1. The van der Waals surface area contributed by atoms with Crippen LogP contribution >= 0.6 is 0 Å². The van der Waals surface area contributed by atoms with Crippen molar-refractivity contribution >= 4 is 11.9 Å². The summed E-state index contributed by atoms with van der Waals surface area (Å²) in [5.41, 5.74) is 10.7. The second-order valence-electron chi connectivity index (χ2n) is 7.58. The van der Waals surface area contributed by atoms with Crippen LogP contribution in [-0.4, -0.2) is 41.0 Å². The molecule has 0 saturated heterocycles. The van der Waals surface area contributed by atoms with E-state index in [0.29, 0.717) is 23.6 Å². The Labute approximate surface area is 190 Å². The minimum atomic E-state index is -0.856. The maximum Gasteiger partial charge on any atom is 0.304 e. The third-order valence-electron chi connectivity index (χ3n) is 5.01. The van der Waals surface area contributed by atoms with Crippen LogP contribution in [0.25, 0.3) is 22.6 Å². The van der Waals surface area contributed by atoms with Crippen LogP contribution in [0.4, 0.5) is 5.95 Å². The monoisotopic (exact) mass is 439 g/mol. The number of aromatic nitrogens is 6. The zero-order chi connectivity index (χ0) is 23.4. The molecule has 3 aromatic heterocycles. The van der Waals surface area contributed by atoms with E-state index in [1.54, 1.807) is 16.9 Å². The van der Waals surface area contributed by atoms with Crippen LogP contribution in [0.3, 0.4) is 0 Å². The fourth-order valence-corrected chi connectivity index (χ4v) is 3.40. The Balaban J connectivity index is 1.57. The number of hydrogen-bond donors (Lipinski definition) is 2. The van der Waals surface area contributed by atoms with Gasteiger partial charge in [0.05, 0.1) is 36.2 Å². The molecule has 9 nitrogen and oxygen atoms in total. The lowest BCUT2D eigenvalue weighted by Gasteiger charge is -2.09. The van der Waals surface area contributed by atoms with Crippen molar-refractivity contribution in [3.8, 4) is 35.0 Å². The Hall–Kier alpha value is -4.58. The summed E-state index contributed by atoms with van der Waals surface area (Å²) in [4.78, 5) is 24.2. The summed E-state index contributed by atoms with van der Waals surface area (Å²) in [6.07, 6.45) is 7.27. The highest BCUT2D eigenvalue weighted by Gasteiger charge is 2.14. The van der Waals surface area contributed by atoms with Crippen LogP contribution in [-0.2, 0) is 11.3 Å². The van der Waals surface area contributed by atoms with Crippen molar-refractivity contribution in [1.29, 1.82) is 0 Å². The van der Waals surface area contributed by atoms with E-state index in [1.165, 1.54) is 0 Å². The standard InChI is InChI=1S/C24H21N7O2/c1-3-16-6-4-7-17(11-16)20-12-21(28-24(25)27-20)22-14-31(30-29-22)13-18-8-5-9-19(26-18)15(2)10-23(32)33/h1,4-9,11-12,14-15H,10,13H2,2H3,(H,32,33)(H2,25,27,28). The van der Waals surface area contributed by atoms with Crippen LogP contribution in [0.2, 0.25) is 0 Å². The molecule has 0 saturated carbocycles. The average Bonchev–Trinajstić information content (AvgIpc) is 3.27. The molecule has 164 valence electrons. The summed E-state index contributed by atoms with van der Waals surface area (Å²) in [5, 5.41) is 17.4. The minimum Gasteiger partial charge on any atom is -0.481 e. The molecule has 3 heterocycles. The van der Waals surface area contributed by atoms with Crippen LogP contribution < -0.4 is 5.73 Å². The van der Waals surface area contributed by atoms with Gasteiger partial charge in [0.25, 0.3) is 0 Å². The van der Waals surface area contributed by atoms with Crippen LogP contribution in [0, 0.1) is 12.3 Å². The first-order valence-corrected chi connectivity index (χ1v) is 10.2. The zero-order valence-corrected chi connectivity index (χ0v) is 17.9. The molecule has 0 bridgehead atoms. The van der Waals surface area contributed by atoms with Gasteiger partial charge in [-0.2, -0.15) is 0 Å². The molecule has 0 aliphatic carbocycles. The summed E-state index contributed by atoms with van der Waals surface area (Å²) < 4.78 is 1.64. The number of aliphatic carboxylic acids is 1. The van der Waals surface area contributed by atoms with E-state index < -0.39 is 5.97 Å². The smallest absolute Gasteiger partial charge is 0.304 e. The van der Waals surface area contributed by atoms with E-state index in [1.807, 2.05) is 49.4 Å². The molecule has 0 radical (unpaired) electrons. The first-order valence-electron chi connectivity index (χ1n) is 10.2. The lowest BCUT2D eigenvalue weighted by atomic mass is 10.0. The molecule has 3 N–H and O–H groups in total. The van der Waals surface area contributed by atoms with Gasteiger partial charge in [-0.05, 0) is 30.3 Å². The third-order valence-corrected chi connectivity index (χ3v) is 5.01. The summed E-state index contributed by atoms with van der Waals surface area (Å²) >= 11 is 0. The summed E-state index contributed by atoms with van der Waals surface area (Å²) in [6, 6.07) is 14.8. The summed E-state index contributed by atoms with van der Waals surface area (Å²) in [6.45, 7) is 2.21. The summed E-state index contributed by atoms with van der Waals surface area (Å²) in [7, 11) is 0. The van der Waals surface area contributed by atoms with Gasteiger partial charge in [0.1, 0.15) is 5.69 Å². The molecule has 0 aliphatic rings. The van der Waals surface area contributed by atoms with Gasteiger partial charge in [-0.1, -0.05) is 36.3 Å². The Morgan fingerprint density at radius 3 is 2.70 bits per heavy atom. The molecule has 9 heteroatoms. The third kappa shape index (κ3) is 5.19. The first kappa shape index (κ1) is 21.6. The summed E-state index contributed by atoms with van der Waals surface area (Å²) in [5.74, 6) is 1.68. The van der Waals surface area contributed by atoms with Crippen molar-refractivity contribution in [1.82, 2.24) is 29.9 Å². The molecule has 4 rings (SSSR count). The number of benzene rings is 1. The predicted octanol–water partition coefficient (Wildman–Crippen LogP) is 2.99. The number of carboxylic acids is 1. The van der Waals surface area contributed by atoms with Crippen molar-refractivity contribution in [3.63, 3.8) is 0 Å². The predicted molar refractivity (Wildman–Crippen MR) is 123 cm³/mol. The van der Waals surface area contributed by atoms with Crippen LogP contribution in [0.15, 0.2) is 54.7 Å². The normalized spacial score (nSPS) is 11.6. The van der Waals surface area contributed by atoms with Crippen molar-refractivity contribution in [2.45, 2.75) is 25.8 Å². The maximum atomic E-state index is 11.0. The highest BCUT2D eigenvalue weighted by Crippen LogP contribution is 2.24. The molecule has 1 aromatic carbocycles. The quantitative estimate of drug-likeness (QED) is 0.420. The van der Waals surface area contributed by atoms with Gasteiger partial charge in [0.2, 0.25) is 5.95 Å². The molecular weight excluding hydrogens is 418 g/mol. The van der Waals surface area contributed by atoms with E-state index in [2.05, 4.69) is 31.2 Å². The number of anilines is 1. The second-order valence-corrected chi connectivity index (χ2v) is 7.58. The lowest BCUT2D eigenvalue weighted by molar-refractivity contribution is -0.137. The zero-order valence-electron chi connectivity index (χ0n) is 17.9. The molecule has 1 unspecified atom stereocenters. The number of terminal acetylenes is 1. The van der Waals surface area contributed by atoms with E-state index in [-0.39, 0.29) is 18.3 Å². The minimum absolute atomic E-state index is 0.0195. The topological polar surface area (TPSA) is 133 Å². The van der Waals surface area contributed by atoms with Crippen molar-refractivity contribution in [2.24, 2.45) is 0 Å². The van der Waals surface area contributed by atoms with Gasteiger partial charge in [0, 0.05) is 22.7 Å². The molecule has 0 aliphatic heterocycles. The number of nitrogen functional groups attached to an aromatic ring is 1. The Bertz CT molecular complexity index is 1360. The maximum absolute atomic E-state index is 11.0. The van der Waals surface area contributed by atoms with E-state index in [9.17, 15) is 4.79 Å². The van der Waals surface area contributed by atoms with Gasteiger partial charge >= 0.3 is 5.97 Å². The van der Waals surface area contributed by atoms with Crippen molar-refractivity contribution < 1.29 is 9.90 Å². The fourth-order valence-electron chi connectivity index (χ4n) is 3.40. The van der Waals surface area contributed by atoms with E-state index in [4.69, 9.17) is 17.3 Å². The average molecular weight is 439 g/mol. The van der Waals surface area contributed by atoms with Gasteiger partial charge < -0.3 is 10.8 Å². The molecule has 4 aromatic rings. The Kier molecular flexibility index (Phi) is 6.09. The number of rotatable bonds is 7. The number of nitrogens with zero attached hydrogens (tertiary/aromatic N) is 6. The largest absolute Gasteiger partial charge is 0.481 e. The SMILES string of the molecule is C#Cc1cccc(-c2cc(-c3cn(Cc4cccc(C(C)CC(=O)O)n4)nn3)nc(N)n2)c1. The number of hydrogen-bond acceptors (Lipinski definition) is 7. The molecule has 33 heavy (non-hydrogen) atoms. The molecular formula is C24H21N7O2. The molecule has 1 atom stereocenters.